The molecular formula is C12H14N6O2. The minimum Gasteiger partial charge on any atom is -0.493 e. The van der Waals surface area contributed by atoms with Crippen LogP contribution >= 0.6 is 0 Å². The van der Waals surface area contributed by atoms with Crippen molar-refractivity contribution >= 4 is 12.2 Å². The molecule has 2 rings (SSSR count). The second-order valence-electron chi connectivity index (χ2n) is 3.68. The van der Waals surface area contributed by atoms with Gasteiger partial charge in [-0.1, -0.05) is 22.5 Å². The largest absolute Gasteiger partial charge is 0.493 e. The van der Waals surface area contributed by atoms with Crippen molar-refractivity contribution in [2.24, 2.45) is 5.10 Å². The molecule has 8 heteroatoms. The quantitative estimate of drug-likeness (QED) is 0.615. The van der Waals surface area contributed by atoms with Crippen LogP contribution in [0.5, 0.6) is 11.5 Å². The molecule has 0 spiro atoms. The zero-order chi connectivity index (χ0) is 14.4. The molecule has 0 atom stereocenters. The Bertz CT molecular complexity index is 622. The van der Waals surface area contributed by atoms with Gasteiger partial charge in [0.05, 0.1) is 13.3 Å². The monoisotopic (exact) mass is 274 g/mol. The molecule has 2 aromatic rings. The fraction of sp³-hybridized carbons (Fsp3) is 0.167. The predicted octanol–water partition coefficient (Wildman–Crippen LogP) is 0.711. The fourth-order valence-corrected chi connectivity index (χ4v) is 1.43. The topological polar surface area (TPSA) is 100 Å². The van der Waals surface area contributed by atoms with Crippen LogP contribution < -0.4 is 15.2 Å². The smallest absolute Gasteiger partial charge is 0.263 e. The maximum atomic E-state index is 5.50. The number of anilines is 1. The summed E-state index contributed by atoms with van der Waals surface area (Å²) in [6.45, 7) is 4.00. The van der Waals surface area contributed by atoms with Gasteiger partial charge in [-0.25, -0.2) is 0 Å². The van der Waals surface area contributed by atoms with Crippen molar-refractivity contribution in [1.29, 1.82) is 0 Å². The molecule has 0 radical (unpaired) electrons. The number of aromatic nitrogens is 4. The van der Waals surface area contributed by atoms with Gasteiger partial charge in [0.15, 0.2) is 11.5 Å². The summed E-state index contributed by atoms with van der Waals surface area (Å²) in [5.74, 6) is 1.34. The van der Waals surface area contributed by atoms with Crippen LogP contribution in [0.4, 0.5) is 5.95 Å². The molecule has 20 heavy (non-hydrogen) atoms. The van der Waals surface area contributed by atoms with Crippen LogP contribution in [0.2, 0.25) is 0 Å². The number of benzene rings is 1. The first kappa shape index (κ1) is 13.5. The lowest BCUT2D eigenvalue weighted by Gasteiger charge is -2.09. The van der Waals surface area contributed by atoms with Crippen molar-refractivity contribution < 1.29 is 9.47 Å². The van der Waals surface area contributed by atoms with Gasteiger partial charge >= 0.3 is 0 Å². The number of nitrogens with zero attached hydrogens (tertiary/aromatic N) is 5. The summed E-state index contributed by atoms with van der Waals surface area (Å²) in [7, 11) is 1.57. The summed E-state index contributed by atoms with van der Waals surface area (Å²) in [5, 5.41) is 14.5. The molecular weight excluding hydrogens is 260 g/mol. The van der Waals surface area contributed by atoms with E-state index in [0.717, 1.165) is 10.4 Å². The van der Waals surface area contributed by atoms with E-state index in [0.29, 0.717) is 18.1 Å². The first-order valence-corrected chi connectivity index (χ1v) is 5.74. The fourth-order valence-electron chi connectivity index (χ4n) is 1.43. The Kier molecular flexibility index (Phi) is 4.28. The highest BCUT2D eigenvalue weighted by Gasteiger charge is 2.04. The molecule has 8 nitrogen and oxygen atoms in total. The van der Waals surface area contributed by atoms with Crippen LogP contribution in [0.3, 0.4) is 0 Å². The number of tetrazole rings is 1. The molecule has 1 aromatic heterocycles. The van der Waals surface area contributed by atoms with Crippen LogP contribution in [0.25, 0.3) is 0 Å². The number of nitrogen functional groups attached to an aromatic ring is 1. The Morgan fingerprint density at radius 1 is 1.45 bits per heavy atom. The van der Waals surface area contributed by atoms with Gasteiger partial charge in [-0.15, -0.1) is 0 Å². The molecule has 0 bridgehead atoms. The lowest BCUT2D eigenvalue weighted by molar-refractivity contribution is 0.326. The minimum absolute atomic E-state index is 0.110. The molecule has 0 aliphatic heterocycles. The maximum Gasteiger partial charge on any atom is 0.263 e. The highest BCUT2D eigenvalue weighted by Crippen LogP contribution is 2.27. The summed E-state index contributed by atoms with van der Waals surface area (Å²) in [4.78, 5) is 1.12. The van der Waals surface area contributed by atoms with Gasteiger partial charge in [-0.2, -0.15) is 5.10 Å². The Morgan fingerprint density at radius 3 is 2.95 bits per heavy atom. The van der Waals surface area contributed by atoms with Gasteiger partial charge in [0.2, 0.25) is 0 Å². The number of hydrogen-bond acceptors (Lipinski definition) is 7. The van der Waals surface area contributed by atoms with E-state index in [2.05, 4.69) is 27.2 Å². The zero-order valence-corrected chi connectivity index (χ0v) is 10.9. The number of rotatable bonds is 6. The van der Waals surface area contributed by atoms with E-state index in [4.69, 9.17) is 15.2 Å². The van der Waals surface area contributed by atoms with Gasteiger partial charge in [-0.05, 0) is 34.2 Å². The average molecular weight is 274 g/mol. The Balaban J connectivity index is 2.19. The lowest BCUT2D eigenvalue weighted by atomic mass is 10.2. The third-order valence-corrected chi connectivity index (χ3v) is 2.34. The van der Waals surface area contributed by atoms with E-state index in [1.807, 2.05) is 6.07 Å². The van der Waals surface area contributed by atoms with Crippen LogP contribution in [-0.4, -0.2) is 40.2 Å². The van der Waals surface area contributed by atoms with Crippen molar-refractivity contribution in [2.75, 3.05) is 19.5 Å². The molecule has 2 N–H and O–H groups in total. The summed E-state index contributed by atoms with van der Waals surface area (Å²) < 4.78 is 10.7. The summed E-state index contributed by atoms with van der Waals surface area (Å²) in [6.07, 6.45) is 3.22. The van der Waals surface area contributed by atoms with Gasteiger partial charge in [-0.3, -0.25) is 0 Å². The lowest BCUT2D eigenvalue weighted by Crippen LogP contribution is -2.00. The summed E-state index contributed by atoms with van der Waals surface area (Å²) >= 11 is 0. The Morgan fingerprint density at radius 2 is 2.30 bits per heavy atom. The SMILES string of the molecule is C=CCOc1ccc(/C=N\n2nnnc2N)cc1OC. The molecule has 0 fully saturated rings. The third kappa shape index (κ3) is 3.10. The third-order valence-electron chi connectivity index (χ3n) is 2.34. The van der Waals surface area contributed by atoms with Crippen molar-refractivity contribution in [2.45, 2.75) is 0 Å². The Labute approximate surface area is 115 Å². The van der Waals surface area contributed by atoms with Crippen LogP contribution in [0.15, 0.2) is 36.0 Å². The zero-order valence-electron chi connectivity index (χ0n) is 10.9. The van der Waals surface area contributed by atoms with Gasteiger partial charge in [0, 0.05) is 0 Å². The average Bonchev–Trinajstić information content (AvgIpc) is 2.88. The number of hydrogen-bond donors (Lipinski definition) is 1. The Hall–Kier alpha value is -2.90. The number of methoxy groups -OCH3 is 1. The van der Waals surface area contributed by atoms with E-state index >= 15 is 0 Å². The van der Waals surface area contributed by atoms with Gasteiger partial charge in [0.25, 0.3) is 5.95 Å². The minimum atomic E-state index is 0.110. The van der Waals surface area contributed by atoms with E-state index in [9.17, 15) is 0 Å². The van der Waals surface area contributed by atoms with Crippen LogP contribution in [-0.2, 0) is 0 Å². The first-order valence-electron chi connectivity index (χ1n) is 5.74. The summed E-state index contributed by atoms with van der Waals surface area (Å²) in [5.41, 5.74) is 6.29. The van der Waals surface area contributed by atoms with Crippen molar-refractivity contribution in [3.05, 3.63) is 36.4 Å². The van der Waals surface area contributed by atoms with Crippen molar-refractivity contribution in [1.82, 2.24) is 20.3 Å². The maximum absolute atomic E-state index is 5.50. The van der Waals surface area contributed by atoms with Crippen LogP contribution in [0.1, 0.15) is 5.56 Å². The predicted molar refractivity (Wildman–Crippen MR) is 73.9 cm³/mol. The first-order chi connectivity index (χ1) is 9.74. The number of ether oxygens (including phenoxy) is 2. The van der Waals surface area contributed by atoms with E-state index < -0.39 is 0 Å². The van der Waals surface area contributed by atoms with E-state index in [-0.39, 0.29) is 5.95 Å². The second-order valence-corrected chi connectivity index (χ2v) is 3.68. The van der Waals surface area contributed by atoms with Crippen LogP contribution in [0, 0.1) is 0 Å². The van der Waals surface area contributed by atoms with Crippen molar-refractivity contribution in [3.63, 3.8) is 0 Å². The highest BCUT2D eigenvalue weighted by molar-refractivity contribution is 5.80. The highest BCUT2D eigenvalue weighted by atomic mass is 16.5. The molecule has 0 aliphatic rings. The standard InChI is InChI=1S/C12H14N6O2/c1-3-6-20-10-5-4-9(7-11(10)19-2)8-14-18-12(13)15-16-17-18/h3-5,7-8H,1,6H2,2H3,(H2,13,15,17)/b14-8-. The molecule has 1 heterocycles. The van der Waals surface area contributed by atoms with E-state index in [1.54, 1.807) is 31.5 Å². The second kappa shape index (κ2) is 6.32. The summed E-state index contributed by atoms with van der Waals surface area (Å²) in [6, 6.07) is 5.39. The molecule has 0 saturated heterocycles. The normalized spacial score (nSPS) is 10.7. The molecule has 0 amide bonds. The molecule has 104 valence electrons. The van der Waals surface area contributed by atoms with E-state index in [1.165, 1.54) is 0 Å². The van der Waals surface area contributed by atoms with Gasteiger partial charge < -0.3 is 15.2 Å². The van der Waals surface area contributed by atoms with Gasteiger partial charge in [0.1, 0.15) is 6.61 Å². The molecule has 0 saturated carbocycles. The molecule has 1 aromatic carbocycles. The molecule has 0 aliphatic carbocycles. The van der Waals surface area contributed by atoms with Crippen molar-refractivity contribution in [3.8, 4) is 11.5 Å². The molecule has 0 unspecified atom stereocenters. The number of nitrogens with two attached hydrogens (primary N) is 1.